The lowest BCUT2D eigenvalue weighted by atomic mass is 9.93. The first-order valence-corrected chi connectivity index (χ1v) is 18.4. The first-order chi connectivity index (χ1) is 26.7. The second kappa shape index (κ2) is 13.4. The van der Waals surface area contributed by atoms with Gasteiger partial charge < -0.3 is 9.32 Å². The summed E-state index contributed by atoms with van der Waals surface area (Å²) >= 11 is 0. The number of hydrogen-bond donors (Lipinski definition) is 0. The van der Waals surface area contributed by atoms with Gasteiger partial charge in [0.2, 0.25) is 0 Å². The zero-order chi connectivity index (χ0) is 35.8. The van der Waals surface area contributed by atoms with Crippen LogP contribution in [-0.2, 0) is 0 Å². The average Bonchev–Trinajstić information content (AvgIpc) is 3.69. The van der Waals surface area contributed by atoms with Gasteiger partial charge in [-0.2, -0.15) is 0 Å². The highest BCUT2D eigenvalue weighted by Crippen LogP contribution is 2.41. The normalized spacial score (nSPS) is 11.3. The molecule has 0 saturated heterocycles. The van der Waals surface area contributed by atoms with Gasteiger partial charge in [-0.3, -0.25) is 0 Å². The first kappa shape index (κ1) is 31.6. The molecule has 0 unspecified atom stereocenters. The van der Waals surface area contributed by atoms with Crippen molar-refractivity contribution in [3.63, 3.8) is 0 Å². The Morgan fingerprint density at radius 2 is 0.889 bits per heavy atom. The van der Waals surface area contributed by atoms with Crippen LogP contribution >= 0.6 is 0 Å². The highest BCUT2D eigenvalue weighted by Gasteiger charge is 2.17. The molecule has 9 aromatic carbocycles. The van der Waals surface area contributed by atoms with Crippen LogP contribution in [0.2, 0.25) is 0 Å². The number of rotatable bonds is 7. The Morgan fingerprint density at radius 1 is 0.296 bits per heavy atom. The molecule has 10 aromatic rings. The summed E-state index contributed by atoms with van der Waals surface area (Å²) in [4.78, 5) is 2.35. The number of hydrogen-bond acceptors (Lipinski definition) is 2. The summed E-state index contributed by atoms with van der Waals surface area (Å²) in [6.07, 6.45) is 0. The molecule has 254 valence electrons. The van der Waals surface area contributed by atoms with Crippen LogP contribution in [0.5, 0.6) is 0 Å². The number of fused-ring (bicyclic) bond motifs is 3. The maximum absolute atomic E-state index is 6.44. The van der Waals surface area contributed by atoms with Crippen LogP contribution in [-0.4, -0.2) is 0 Å². The fourth-order valence-electron chi connectivity index (χ4n) is 7.74. The molecular formula is C52H35NO. The molecule has 0 aliphatic carbocycles. The second-order valence-corrected chi connectivity index (χ2v) is 13.8. The van der Waals surface area contributed by atoms with E-state index in [9.17, 15) is 0 Å². The molecule has 2 nitrogen and oxygen atoms in total. The van der Waals surface area contributed by atoms with E-state index in [1.165, 1.54) is 32.7 Å². The van der Waals surface area contributed by atoms with Gasteiger partial charge in [0.05, 0.1) is 0 Å². The quantitative estimate of drug-likeness (QED) is 0.166. The Balaban J connectivity index is 1.05. The lowest BCUT2D eigenvalue weighted by Crippen LogP contribution is -2.09. The molecule has 0 fully saturated rings. The monoisotopic (exact) mass is 689 g/mol. The van der Waals surface area contributed by atoms with E-state index >= 15 is 0 Å². The van der Waals surface area contributed by atoms with Crippen molar-refractivity contribution in [3.8, 4) is 44.7 Å². The standard InChI is InChI=1S/C52H35NO/c1-2-12-38(13-3-1)49-32-26-42(34-50(49)52-35-43-16-7-9-20-51(43)54-52)37-21-27-44(28-22-37)53(46-31-23-36-11-4-5-15-41(36)33-46)45-29-24-40(25-30-45)48-19-10-17-39-14-6-8-18-47(39)48/h1-35H. The van der Waals surface area contributed by atoms with Gasteiger partial charge in [0, 0.05) is 28.0 Å². The van der Waals surface area contributed by atoms with Gasteiger partial charge in [-0.05, 0) is 110 Å². The lowest BCUT2D eigenvalue weighted by Gasteiger charge is -2.26. The van der Waals surface area contributed by atoms with Gasteiger partial charge in [0.1, 0.15) is 11.3 Å². The lowest BCUT2D eigenvalue weighted by molar-refractivity contribution is 0.632. The average molecular weight is 690 g/mol. The minimum absolute atomic E-state index is 0.864. The van der Waals surface area contributed by atoms with Gasteiger partial charge in [-0.25, -0.2) is 0 Å². The number of anilines is 3. The molecule has 0 bridgehead atoms. The fraction of sp³-hybridized carbons (Fsp3) is 0. The molecular weight excluding hydrogens is 655 g/mol. The molecule has 0 aliphatic heterocycles. The van der Waals surface area contributed by atoms with Crippen LogP contribution in [0.3, 0.4) is 0 Å². The van der Waals surface area contributed by atoms with E-state index < -0.39 is 0 Å². The van der Waals surface area contributed by atoms with Crippen molar-refractivity contribution in [2.24, 2.45) is 0 Å². The molecule has 0 aliphatic rings. The summed E-state index contributed by atoms with van der Waals surface area (Å²) in [5.41, 5.74) is 12.3. The highest BCUT2D eigenvalue weighted by molar-refractivity contribution is 5.97. The Labute approximate surface area is 314 Å². The molecule has 2 heteroatoms. The highest BCUT2D eigenvalue weighted by atomic mass is 16.3. The topological polar surface area (TPSA) is 16.4 Å². The smallest absolute Gasteiger partial charge is 0.136 e. The van der Waals surface area contributed by atoms with Crippen molar-refractivity contribution < 1.29 is 4.42 Å². The van der Waals surface area contributed by atoms with Gasteiger partial charge in [0.15, 0.2) is 0 Å². The minimum Gasteiger partial charge on any atom is -0.456 e. The van der Waals surface area contributed by atoms with E-state index in [1.54, 1.807) is 0 Å². The number of furan rings is 1. The van der Waals surface area contributed by atoms with Gasteiger partial charge in [0.25, 0.3) is 0 Å². The minimum atomic E-state index is 0.864. The molecule has 0 atom stereocenters. The molecule has 0 saturated carbocycles. The van der Waals surface area contributed by atoms with Crippen molar-refractivity contribution >= 4 is 49.6 Å². The summed E-state index contributed by atoms with van der Waals surface area (Å²) < 4.78 is 6.44. The summed E-state index contributed by atoms with van der Waals surface area (Å²) in [6, 6.07) is 75.9. The zero-order valence-corrected chi connectivity index (χ0v) is 29.6. The third-order valence-electron chi connectivity index (χ3n) is 10.5. The molecule has 54 heavy (non-hydrogen) atoms. The number of benzene rings is 9. The number of nitrogens with zero attached hydrogens (tertiary/aromatic N) is 1. The van der Waals surface area contributed by atoms with Crippen LogP contribution < -0.4 is 4.90 Å². The maximum atomic E-state index is 6.44. The van der Waals surface area contributed by atoms with Crippen LogP contribution in [0, 0.1) is 0 Å². The third kappa shape index (κ3) is 5.81. The van der Waals surface area contributed by atoms with Crippen molar-refractivity contribution in [3.05, 3.63) is 212 Å². The van der Waals surface area contributed by atoms with Crippen molar-refractivity contribution in [1.82, 2.24) is 0 Å². The summed E-state index contributed by atoms with van der Waals surface area (Å²) in [7, 11) is 0. The van der Waals surface area contributed by atoms with Crippen LogP contribution in [0.25, 0.3) is 77.2 Å². The van der Waals surface area contributed by atoms with E-state index in [0.717, 1.165) is 61.6 Å². The first-order valence-electron chi connectivity index (χ1n) is 18.4. The maximum Gasteiger partial charge on any atom is 0.136 e. The Bertz CT molecular complexity index is 2880. The SMILES string of the molecule is c1ccc(-c2ccc(-c3ccc(N(c4ccc(-c5cccc6ccccc56)cc4)c4ccc5ccccc5c4)cc3)cc2-c2cc3ccccc3o2)cc1. The molecule has 1 aromatic heterocycles. The van der Waals surface area contributed by atoms with Gasteiger partial charge in [-0.15, -0.1) is 0 Å². The number of para-hydroxylation sites is 1. The molecule has 0 N–H and O–H groups in total. The van der Waals surface area contributed by atoms with Gasteiger partial charge >= 0.3 is 0 Å². The van der Waals surface area contributed by atoms with E-state index in [2.05, 4.69) is 205 Å². The zero-order valence-electron chi connectivity index (χ0n) is 29.6. The van der Waals surface area contributed by atoms with E-state index in [0.29, 0.717) is 0 Å². The molecule has 10 rings (SSSR count). The third-order valence-corrected chi connectivity index (χ3v) is 10.5. The van der Waals surface area contributed by atoms with E-state index in [4.69, 9.17) is 4.42 Å². The van der Waals surface area contributed by atoms with Crippen molar-refractivity contribution in [2.75, 3.05) is 4.90 Å². The predicted molar refractivity (Wildman–Crippen MR) is 228 cm³/mol. The molecule has 0 amide bonds. The predicted octanol–water partition coefficient (Wildman–Crippen LogP) is 14.9. The largest absolute Gasteiger partial charge is 0.456 e. The molecule has 0 spiro atoms. The van der Waals surface area contributed by atoms with Crippen molar-refractivity contribution in [1.29, 1.82) is 0 Å². The summed E-state index contributed by atoms with van der Waals surface area (Å²) in [6.45, 7) is 0. The Hall–Kier alpha value is -7.16. The molecule has 1 heterocycles. The van der Waals surface area contributed by atoms with Gasteiger partial charge in [-0.1, -0.05) is 158 Å². The van der Waals surface area contributed by atoms with E-state index in [-0.39, 0.29) is 0 Å². The van der Waals surface area contributed by atoms with Crippen LogP contribution in [0.1, 0.15) is 0 Å². The van der Waals surface area contributed by atoms with E-state index in [1.807, 2.05) is 12.1 Å². The van der Waals surface area contributed by atoms with Crippen LogP contribution in [0.15, 0.2) is 217 Å². The summed E-state index contributed by atoms with van der Waals surface area (Å²) in [5.74, 6) is 0.864. The summed E-state index contributed by atoms with van der Waals surface area (Å²) in [5, 5.41) is 6.04. The van der Waals surface area contributed by atoms with Crippen molar-refractivity contribution in [2.45, 2.75) is 0 Å². The second-order valence-electron chi connectivity index (χ2n) is 13.8. The fourth-order valence-corrected chi connectivity index (χ4v) is 7.74. The molecule has 0 radical (unpaired) electrons. The Kier molecular flexibility index (Phi) is 7.85. The van der Waals surface area contributed by atoms with Crippen LogP contribution in [0.4, 0.5) is 17.1 Å². The Morgan fingerprint density at radius 3 is 1.67 bits per heavy atom.